The van der Waals surface area contributed by atoms with Gasteiger partial charge in [-0.25, -0.2) is 4.98 Å². The minimum atomic E-state index is -4.56. The molecule has 1 aromatic carbocycles. The number of benzene rings is 1. The van der Waals surface area contributed by atoms with E-state index in [0.717, 1.165) is 0 Å². The Morgan fingerprint density at radius 1 is 1.24 bits per heavy atom. The summed E-state index contributed by atoms with van der Waals surface area (Å²) >= 11 is 5.77. The van der Waals surface area contributed by atoms with Gasteiger partial charge >= 0.3 is 6.18 Å². The quantitative estimate of drug-likeness (QED) is 0.641. The zero-order valence-electron chi connectivity index (χ0n) is 12.2. The lowest BCUT2D eigenvalue weighted by Gasteiger charge is -2.10. The highest BCUT2D eigenvalue weighted by Crippen LogP contribution is 2.34. The van der Waals surface area contributed by atoms with Crippen molar-refractivity contribution in [2.75, 3.05) is 5.43 Å². The molecule has 1 N–H and O–H groups in total. The fraction of sp³-hybridized carbons (Fsp3) is 0.0667. The van der Waals surface area contributed by atoms with Crippen molar-refractivity contribution < 1.29 is 17.9 Å². The highest BCUT2D eigenvalue weighted by Gasteiger charge is 2.31. The van der Waals surface area contributed by atoms with Crippen LogP contribution in [0.25, 0.3) is 0 Å². The summed E-state index contributed by atoms with van der Waals surface area (Å²) in [5, 5.41) is 20.4. The molecular formula is C15H7ClF3N5O. The van der Waals surface area contributed by atoms with Crippen molar-refractivity contribution in [2.24, 2.45) is 5.10 Å². The van der Waals surface area contributed by atoms with Crippen LogP contribution in [-0.2, 0) is 6.18 Å². The largest absolute Gasteiger partial charge is 0.437 e. The second-order valence-corrected chi connectivity index (χ2v) is 4.84. The molecule has 126 valence electrons. The molecule has 0 unspecified atom stereocenters. The standard InChI is InChI=1S/C15H7ClF3N5O/c16-13-4-9(15(17,18)19)8-22-14(13)25-12-3-1-2-10(5-12)23-24-11(6-20)7-21/h1-5,8,23H. The molecule has 2 aromatic rings. The molecule has 0 fully saturated rings. The van der Waals surface area contributed by atoms with Crippen LogP contribution in [0, 0.1) is 22.7 Å². The first-order chi connectivity index (χ1) is 11.8. The Labute approximate surface area is 144 Å². The molecule has 0 aliphatic heterocycles. The lowest BCUT2D eigenvalue weighted by Crippen LogP contribution is -2.05. The van der Waals surface area contributed by atoms with E-state index in [-0.39, 0.29) is 22.4 Å². The van der Waals surface area contributed by atoms with Crippen LogP contribution in [0.4, 0.5) is 18.9 Å². The van der Waals surface area contributed by atoms with Crippen LogP contribution >= 0.6 is 11.6 Å². The number of ether oxygens (including phenoxy) is 1. The first-order valence-electron chi connectivity index (χ1n) is 6.48. The van der Waals surface area contributed by atoms with Gasteiger partial charge in [0.25, 0.3) is 0 Å². The van der Waals surface area contributed by atoms with Gasteiger partial charge in [0.05, 0.1) is 11.3 Å². The minimum Gasteiger partial charge on any atom is -0.437 e. The monoisotopic (exact) mass is 365 g/mol. The average Bonchev–Trinajstić information content (AvgIpc) is 2.57. The Morgan fingerprint density at radius 2 is 1.96 bits per heavy atom. The van der Waals surface area contributed by atoms with Gasteiger partial charge in [-0.1, -0.05) is 17.7 Å². The zero-order valence-corrected chi connectivity index (χ0v) is 12.9. The summed E-state index contributed by atoms with van der Waals surface area (Å²) in [6, 6.07) is 9.95. The van der Waals surface area contributed by atoms with Crippen molar-refractivity contribution in [1.82, 2.24) is 4.98 Å². The van der Waals surface area contributed by atoms with Crippen LogP contribution in [0.15, 0.2) is 41.6 Å². The maximum Gasteiger partial charge on any atom is 0.417 e. The van der Waals surface area contributed by atoms with Gasteiger partial charge in [0.2, 0.25) is 11.6 Å². The Hall–Kier alpha value is -3.30. The van der Waals surface area contributed by atoms with E-state index < -0.39 is 11.7 Å². The van der Waals surface area contributed by atoms with Crippen molar-refractivity contribution in [1.29, 1.82) is 10.5 Å². The van der Waals surface area contributed by atoms with E-state index in [9.17, 15) is 13.2 Å². The predicted molar refractivity (Wildman–Crippen MR) is 83.0 cm³/mol. The van der Waals surface area contributed by atoms with E-state index in [1.54, 1.807) is 24.3 Å². The van der Waals surface area contributed by atoms with Crippen molar-refractivity contribution in [3.63, 3.8) is 0 Å². The van der Waals surface area contributed by atoms with Crippen LogP contribution in [0.2, 0.25) is 5.02 Å². The summed E-state index contributed by atoms with van der Waals surface area (Å²) in [4.78, 5) is 3.56. The number of pyridine rings is 1. The maximum atomic E-state index is 12.6. The zero-order chi connectivity index (χ0) is 18.4. The van der Waals surface area contributed by atoms with Crippen LogP contribution < -0.4 is 10.2 Å². The fourth-order valence-corrected chi connectivity index (χ4v) is 1.80. The second-order valence-electron chi connectivity index (χ2n) is 4.43. The van der Waals surface area contributed by atoms with E-state index in [1.165, 1.54) is 12.1 Å². The van der Waals surface area contributed by atoms with Crippen molar-refractivity contribution in [3.05, 3.63) is 47.1 Å². The number of hydrogen-bond donors (Lipinski definition) is 1. The van der Waals surface area contributed by atoms with E-state index in [2.05, 4.69) is 15.5 Å². The van der Waals surface area contributed by atoms with Crippen molar-refractivity contribution in [2.45, 2.75) is 6.18 Å². The number of nitrogens with one attached hydrogen (secondary N) is 1. The molecule has 0 spiro atoms. The van der Waals surface area contributed by atoms with E-state index >= 15 is 0 Å². The number of nitriles is 2. The molecule has 0 atom stereocenters. The third kappa shape index (κ3) is 4.83. The summed E-state index contributed by atoms with van der Waals surface area (Å²) in [5.41, 5.74) is 1.49. The number of aromatic nitrogens is 1. The Kier molecular flexibility index (Phi) is 5.42. The van der Waals surface area contributed by atoms with Crippen LogP contribution in [0.5, 0.6) is 11.6 Å². The summed E-state index contributed by atoms with van der Waals surface area (Å²) in [7, 11) is 0. The van der Waals surface area contributed by atoms with Gasteiger partial charge in [-0.2, -0.15) is 28.8 Å². The first-order valence-corrected chi connectivity index (χ1v) is 6.86. The first kappa shape index (κ1) is 18.0. The molecule has 10 heteroatoms. The number of anilines is 1. The smallest absolute Gasteiger partial charge is 0.417 e. The van der Waals surface area contributed by atoms with Crippen molar-refractivity contribution in [3.8, 4) is 23.8 Å². The topological polar surface area (TPSA) is 94.1 Å². The van der Waals surface area contributed by atoms with E-state index in [4.69, 9.17) is 26.9 Å². The van der Waals surface area contributed by atoms with E-state index in [0.29, 0.717) is 18.0 Å². The molecule has 0 aliphatic rings. The summed E-state index contributed by atoms with van der Waals surface area (Å²) in [5.74, 6) is 0.00915. The maximum absolute atomic E-state index is 12.6. The van der Waals surface area contributed by atoms with Crippen LogP contribution in [0.3, 0.4) is 0 Å². The summed E-state index contributed by atoms with van der Waals surface area (Å²) < 4.78 is 43.1. The molecule has 6 nitrogen and oxygen atoms in total. The molecule has 0 saturated carbocycles. The van der Waals surface area contributed by atoms with Gasteiger partial charge in [-0.3, -0.25) is 5.43 Å². The molecule has 0 aliphatic carbocycles. The number of alkyl halides is 3. The molecule has 0 radical (unpaired) electrons. The molecule has 2 rings (SSSR count). The van der Waals surface area contributed by atoms with Gasteiger partial charge in [0, 0.05) is 12.3 Å². The number of hydrogen-bond acceptors (Lipinski definition) is 6. The molecule has 1 aromatic heterocycles. The number of rotatable bonds is 4. The molecule has 25 heavy (non-hydrogen) atoms. The average molecular weight is 366 g/mol. The Balaban J connectivity index is 2.19. The van der Waals surface area contributed by atoms with Gasteiger partial charge in [0.1, 0.15) is 22.9 Å². The number of hydrazone groups is 1. The summed E-state index contributed by atoms with van der Waals surface area (Å²) in [6.45, 7) is 0. The third-order valence-electron chi connectivity index (χ3n) is 2.69. The number of nitrogens with zero attached hydrogens (tertiary/aromatic N) is 4. The molecular weight excluding hydrogens is 359 g/mol. The van der Waals surface area contributed by atoms with Crippen LogP contribution in [0.1, 0.15) is 5.56 Å². The minimum absolute atomic E-state index is 0.204. The van der Waals surface area contributed by atoms with Crippen molar-refractivity contribution >= 4 is 23.0 Å². The van der Waals surface area contributed by atoms with Gasteiger partial charge in [-0.15, -0.1) is 0 Å². The predicted octanol–water partition coefficient (Wildman–Crippen LogP) is 4.36. The SMILES string of the molecule is N#CC(C#N)=NNc1cccc(Oc2ncc(C(F)(F)F)cc2Cl)c1. The third-order valence-corrected chi connectivity index (χ3v) is 2.96. The fourth-order valence-electron chi connectivity index (χ4n) is 1.59. The van der Waals surface area contributed by atoms with Gasteiger partial charge in [0.15, 0.2) is 0 Å². The van der Waals surface area contributed by atoms with Gasteiger partial charge in [-0.05, 0) is 18.2 Å². The number of halogens is 4. The highest BCUT2D eigenvalue weighted by molar-refractivity contribution is 6.31. The van der Waals surface area contributed by atoms with Crippen LogP contribution in [-0.4, -0.2) is 10.7 Å². The Morgan fingerprint density at radius 3 is 2.56 bits per heavy atom. The Bertz CT molecular complexity index is 883. The second kappa shape index (κ2) is 7.51. The lowest BCUT2D eigenvalue weighted by molar-refractivity contribution is -0.137. The molecule has 0 amide bonds. The summed E-state index contributed by atoms with van der Waals surface area (Å²) in [6.07, 6.45) is -3.95. The molecule has 0 saturated heterocycles. The molecule has 0 bridgehead atoms. The highest BCUT2D eigenvalue weighted by atomic mass is 35.5. The van der Waals surface area contributed by atoms with Gasteiger partial charge < -0.3 is 4.74 Å². The van der Waals surface area contributed by atoms with E-state index in [1.807, 2.05) is 0 Å². The molecule has 1 heterocycles. The lowest BCUT2D eigenvalue weighted by atomic mass is 10.3. The normalized spacial score (nSPS) is 10.3.